The molecular weight excluding hydrogens is 318 g/mol. The molecule has 130 valence electrons. The Morgan fingerprint density at radius 1 is 1.04 bits per heavy atom. The Labute approximate surface area is 146 Å². The number of nitrogens with one attached hydrogen (secondary N) is 2. The van der Waals surface area contributed by atoms with E-state index in [2.05, 4.69) is 15.8 Å². The maximum absolute atomic E-state index is 11.8. The van der Waals surface area contributed by atoms with Gasteiger partial charge in [-0.1, -0.05) is 17.7 Å². The summed E-state index contributed by atoms with van der Waals surface area (Å²) in [4.78, 5) is 23.5. The third-order valence-electron chi connectivity index (χ3n) is 3.25. The predicted octanol–water partition coefficient (Wildman–Crippen LogP) is 2.87. The number of carbonyl (C=O) groups excluding carboxylic acids is 2. The number of hydrogen-bond donors (Lipinski definition) is 2. The molecule has 2 aromatic rings. The van der Waals surface area contributed by atoms with Gasteiger partial charge in [0.2, 0.25) is 11.8 Å². The summed E-state index contributed by atoms with van der Waals surface area (Å²) in [6.07, 6.45) is 1.21. The van der Waals surface area contributed by atoms with E-state index < -0.39 is 11.8 Å². The summed E-state index contributed by atoms with van der Waals surface area (Å²) >= 11 is 0. The molecule has 2 rings (SSSR count). The van der Waals surface area contributed by atoms with Crippen LogP contribution >= 0.6 is 0 Å². The Morgan fingerprint density at radius 2 is 1.72 bits per heavy atom. The van der Waals surface area contributed by atoms with Gasteiger partial charge in [0.15, 0.2) is 0 Å². The zero-order valence-electron chi connectivity index (χ0n) is 14.3. The molecule has 0 bridgehead atoms. The molecule has 0 radical (unpaired) electrons. The van der Waals surface area contributed by atoms with Crippen molar-refractivity contribution in [3.05, 3.63) is 59.7 Å². The number of rotatable bonds is 7. The lowest BCUT2D eigenvalue weighted by molar-refractivity contribution is -0.126. The number of anilines is 1. The maximum atomic E-state index is 11.8. The van der Waals surface area contributed by atoms with Crippen LogP contribution in [0, 0.1) is 6.92 Å². The molecule has 0 saturated carbocycles. The lowest BCUT2D eigenvalue weighted by Gasteiger charge is -2.05. The Kier molecular flexibility index (Phi) is 6.71. The molecule has 0 fully saturated rings. The number of carbonyl (C=O) groups is 2. The van der Waals surface area contributed by atoms with E-state index in [0.29, 0.717) is 12.3 Å². The van der Waals surface area contributed by atoms with E-state index in [1.54, 1.807) is 12.1 Å². The van der Waals surface area contributed by atoms with Gasteiger partial charge in [-0.25, -0.2) is 5.43 Å². The number of hydrogen-bond acceptors (Lipinski definition) is 4. The fraction of sp³-hybridized carbons (Fsp3) is 0.211. The summed E-state index contributed by atoms with van der Waals surface area (Å²) in [6.45, 7) is 4.48. The highest BCUT2D eigenvalue weighted by atomic mass is 16.5. The molecule has 6 nitrogen and oxygen atoms in total. The third-order valence-corrected chi connectivity index (χ3v) is 3.25. The first-order chi connectivity index (χ1) is 12.1. The van der Waals surface area contributed by atoms with Crippen molar-refractivity contribution in [1.29, 1.82) is 0 Å². The van der Waals surface area contributed by atoms with Gasteiger partial charge in [0.25, 0.3) is 0 Å². The summed E-state index contributed by atoms with van der Waals surface area (Å²) in [6, 6.07) is 14.6. The molecule has 2 N–H and O–H groups in total. The summed E-state index contributed by atoms with van der Waals surface area (Å²) in [7, 11) is 0. The number of amides is 2. The standard InChI is InChI=1S/C19H21N3O3/c1-3-25-17-10-6-15(7-11-17)13-20-22-19(24)12-18(23)21-16-8-4-14(2)5-9-16/h4-11,13H,3,12H2,1-2H3,(H,21,23)(H,22,24). The molecule has 2 aromatic carbocycles. The van der Waals surface area contributed by atoms with Crippen molar-refractivity contribution in [2.24, 2.45) is 5.10 Å². The van der Waals surface area contributed by atoms with Gasteiger partial charge in [-0.05, 0) is 55.8 Å². The molecule has 0 aromatic heterocycles. The molecule has 0 heterocycles. The Balaban J connectivity index is 1.77. The maximum Gasteiger partial charge on any atom is 0.249 e. The second-order valence-corrected chi connectivity index (χ2v) is 5.39. The van der Waals surface area contributed by atoms with E-state index >= 15 is 0 Å². The van der Waals surface area contributed by atoms with Crippen LogP contribution in [0.1, 0.15) is 24.5 Å². The minimum absolute atomic E-state index is 0.297. The van der Waals surface area contributed by atoms with Crippen molar-refractivity contribution in [2.75, 3.05) is 11.9 Å². The second kappa shape index (κ2) is 9.22. The lowest BCUT2D eigenvalue weighted by atomic mass is 10.2. The van der Waals surface area contributed by atoms with Gasteiger partial charge in [-0.3, -0.25) is 9.59 Å². The van der Waals surface area contributed by atoms with Crippen molar-refractivity contribution in [3.8, 4) is 5.75 Å². The Hall–Kier alpha value is -3.15. The van der Waals surface area contributed by atoms with E-state index in [1.807, 2.05) is 50.2 Å². The van der Waals surface area contributed by atoms with Crippen LogP contribution in [0.2, 0.25) is 0 Å². The lowest BCUT2D eigenvalue weighted by Crippen LogP contribution is -2.24. The van der Waals surface area contributed by atoms with Gasteiger partial charge < -0.3 is 10.1 Å². The largest absolute Gasteiger partial charge is 0.494 e. The number of aryl methyl sites for hydroxylation is 1. The van der Waals surface area contributed by atoms with Crippen molar-refractivity contribution >= 4 is 23.7 Å². The number of nitrogens with zero attached hydrogens (tertiary/aromatic N) is 1. The zero-order chi connectivity index (χ0) is 18.1. The summed E-state index contributed by atoms with van der Waals surface area (Å²) < 4.78 is 5.34. The summed E-state index contributed by atoms with van der Waals surface area (Å²) in [5.74, 6) is -0.0964. The van der Waals surface area contributed by atoms with E-state index in [-0.39, 0.29) is 6.42 Å². The number of benzene rings is 2. The van der Waals surface area contributed by atoms with Gasteiger partial charge >= 0.3 is 0 Å². The normalized spacial score (nSPS) is 10.5. The molecule has 2 amide bonds. The molecular formula is C19H21N3O3. The predicted molar refractivity (Wildman–Crippen MR) is 97.8 cm³/mol. The van der Waals surface area contributed by atoms with E-state index in [9.17, 15) is 9.59 Å². The van der Waals surface area contributed by atoms with Crippen LogP contribution in [0.5, 0.6) is 5.75 Å². The van der Waals surface area contributed by atoms with Gasteiger partial charge in [0.1, 0.15) is 12.2 Å². The van der Waals surface area contributed by atoms with E-state index in [0.717, 1.165) is 16.9 Å². The first-order valence-electron chi connectivity index (χ1n) is 7.98. The molecule has 0 unspecified atom stereocenters. The Bertz CT molecular complexity index is 738. The first kappa shape index (κ1) is 18.2. The van der Waals surface area contributed by atoms with Crippen molar-refractivity contribution in [1.82, 2.24) is 5.43 Å². The van der Waals surface area contributed by atoms with Crippen LogP contribution in [0.15, 0.2) is 53.6 Å². The summed E-state index contributed by atoms with van der Waals surface area (Å²) in [5.41, 5.74) is 4.90. The second-order valence-electron chi connectivity index (χ2n) is 5.39. The van der Waals surface area contributed by atoms with Crippen molar-refractivity contribution < 1.29 is 14.3 Å². The smallest absolute Gasteiger partial charge is 0.249 e. The quantitative estimate of drug-likeness (QED) is 0.462. The highest BCUT2D eigenvalue weighted by Gasteiger charge is 2.08. The van der Waals surface area contributed by atoms with Gasteiger partial charge in [0, 0.05) is 5.69 Å². The Morgan fingerprint density at radius 3 is 2.36 bits per heavy atom. The van der Waals surface area contributed by atoms with Gasteiger partial charge in [-0.15, -0.1) is 0 Å². The SMILES string of the molecule is CCOc1ccc(C=NNC(=O)CC(=O)Nc2ccc(C)cc2)cc1. The van der Waals surface area contributed by atoms with Crippen LogP contribution in [-0.4, -0.2) is 24.6 Å². The first-order valence-corrected chi connectivity index (χ1v) is 7.98. The summed E-state index contributed by atoms with van der Waals surface area (Å²) in [5, 5.41) is 6.50. The van der Waals surface area contributed by atoms with E-state index in [4.69, 9.17) is 4.74 Å². The van der Waals surface area contributed by atoms with Crippen LogP contribution in [0.25, 0.3) is 0 Å². The van der Waals surface area contributed by atoms with Gasteiger partial charge in [0.05, 0.1) is 12.8 Å². The van der Waals surface area contributed by atoms with Crippen LogP contribution in [-0.2, 0) is 9.59 Å². The van der Waals surface area contributed by atoms with E-state index in [1.165, 1.54) is 6.21 Å². The monoisotopic (exact) mass is 339 g/mol. The van der Waals surface area contributed by atoms with Gasteiger partial charge in [-0.2, -0.15) is 5.10 Å². The molecule has 0 aliphatic heterocycles. The molecule has 25 heavy (non-hydrogen) atoms. The number of hydrazone groups is 1. The highest BCUT2D eigenvalue weighted by Crippen LogP contribution is 2.11. The zero-order valence-corrected chi connectivity index (χ0v) is 14.3. The fourth-order valence-corrected chi connectivity index (χ4v) is 2.02. The molecule has 0 aliphatic carbocycles. The third kappa shape index (κ3) is 6.47. The average molecular weight is 339 g/mol. The van der Waals surface area contributed by atoms with Crippen LogP contribution < -0.4 is 15.5 Å². The minimum Gasteiger partial charge on any atom is -0.494 e. The molecule has 0 aliphatic rings. The molecule has 0 saturated heterocycles. The van der Waals surface area contributed by atoms with Crippen LogP contribution in [0.3, 0.4) is 0 Å². The topological polar surface area (TPSA) is 79.8 Å². The fourth-order valence-electron chi connectivity index (χ4n) is 2.02. The average Bonchev–Trinajstić information content (AvgIpc) is 2.59. The van der Waals surface area contributed by atoms with Crippen molar-refractivity contribution in [2.45, 2.75) is 20.3 Å². The molecule has 0 spiro atoms. The molecule has 0 atom stereocenters. The number of ether oxygens (including phenoxy) is 1. The minimum atomic E-state index is -0.480. The molecule has 6 heteroatoms. The van der Waals surface area contributed by atoms with Crippen LogP contribution in [0.4, 0.5) is 5.69 Å². The van der Waals surface area contributed by atoms with Crippen molar-refractivity contribution in [3.63, 3.8) is 0 Å². The highest BCUT2D eigenvalue weighted by molar-refractivity contribution is 6.03.